The minimum absolute atomic E-state index is 0.178. The Balaban J connectivity index is 1.74. The highest BCUT2D eigenvalue weighted by molar-refractivity contribution is 5.76. The van der Waals surface area contributed by atoms with Crippen molar-refractivity contribution in [3.05, 3.63) is 29.8 Å². The number of hydrogen-bond donors (Lipinski definition) is 1. The van der Waals surface area contributed by atoms with Crippen molar-refractivity contribution in [2.45, 2.75) is 44.6 Å². The molecule has 2 rings (SSSR count). The van der Waals surface area contributed by atoms with Gasteiger partial charge < -0.3 is 10.1 Å². The van der Waals surface area contributed by atoms with E-state index >= 15 is 0 Å². The van der Waals surface area contributed by atoms with Gasteiger partial charge in [-0.2, -0.15) is 0 Å². The van der Waals surface area contributed by atoms with Crippen molar-refractivity contribution in [1.82, 2.24) is 5.32 Å². The van der Waals surface area contributed by atoms with E-state index in [1.165, 1.54) is 18.4 Å². The first-order valence-corrected chi connectivity index (χ1v) is 6.70. The molecule has 0 atom stereocenters. The van der Waals surface area contributed by atoms with Gasteiger partial charge in [-0.25, -0.2) is 0 Å². The number of hydrogen-bond acceptors (Lipinski definition) is 2. The number of benzene rings is 1. The Labute approximate surface area is 109 Å². The van der Waals surface area contributed by atoms with Crippen LogP contribution in [-0.4, -0.2) is 19.1 Å². The zero-order valence-electron chi connectivity index (χ0n) is 10.9. The van der Waals surface area contributed by atoms with Crippen LogP contribution in [0.2, 0.25) is 0 Å². The van der Waals surface area contributed by atoms with Gasteiger partial charge in [0, 0.05) is 12.5 Å². The third-order valence-corrected chi connectivity index (χ3v) is 3.52. The zero-order chi connectivity index (χ0) is 12.8. The lowest BCUT2D eigenvalue weighted by atomic mass is 10.1. The fourth-order valence-corrected chi connectivity index (χ4v) is 2.42. The van der Waals surface area contributed by atoms with Crippen LogP contribution in [0, 0.1) is 0 Å². The minimum atomic E-state index is 0.178. The number of rotatable bonds is 5. The topological polar surface area (TPSA) is 38.3 Å². The van der Waals surface area contributed by atoms with E-state index in [-0.39, 0.29) is 5.91 Å². The fraction of sp³-hybridized carbons (Fsp3) is 0.533. The molecule has 0 unspecified atom stereocenters. The van der Waals surface area contributed by atoms with Gasteiger partial charge in [0.25, 0.3) is 0 Å². The molecule has 1 aromatic rings. The molecule has 0 saturated heterocycles. The van der Waals surface area contributed by atoms with E-state index in [1.807, 2.05) is 24.3 Å². The van der Waals surface area contributed by atoms with Crippen molar-refractivity contribution in [1.29, 1.82) is 0 Å². The predicted molar refractivity (Wildman–Crippen MR) is 71.7 cm³/mol. The van der Waals surface area contributed by atoms with Crippen LogP contribution in [0.3, 0.4) is 0 Å². The van der Waals surface area contributed by atoms with E-state index < -0.39 is 0 Å². The summed E-state index contributed by atoms with van der Waals surface area (Å²) < 4.78 is 5.10. The van der Waals surface area contributed by atoms with E-state index in [1.54, 1.807) is 7.11 Å². The summed E-state index contributed by atoms with van der Waals surface area (Å²) in [5.74, 6) is 1.03. The van der Waals surface area contributed by atoms with Gasteiger partial charge in [0.1, 0.15) is 5.75 Å². The highest BCUT2D eigenvalue weighted by Crippen LogP contribution is 2.18. The first-order chi connectivity index (χ1) is 8.78. The van der Waals surface area contributed by atoms with Gasteiger partial charge in [0.05, 0.1) is 7.11 Å². The van der Waals surface area contributed by atoms with Crippen molar-refractivity contribution in [3.8, 4) is 5.75 Å². The van der Waals surface area contributed by atoms with E-state index in [9.17, 15) is 4.79 Å². The quantitative estimate of drug-likeness (QED) is 0.868. The second kappa shape index (κ2) is 6.43. The van der Waals surface area contributed by atoms with Gasteiger partial charge >= 0.3 is 0 Å². The number of nitrogens with one attached hydrogen (secondary N) is 1. The van der Waals surface area contributed by atoms with Gasteiger partial charge in [-0.05, 0) is 37.0 Å². The standard InChI is InChI=1S/C15H21NO2/c1-18-14-9-6-12(7-10-14)8-11-15(17)16-13-4-2-3-5-13/h6-7,9-10,13H,2-5,8,11H2,1H3,(H,16,17). The molecular formula is C15H21NO2. The summed E-state index contributed by atoms with van der Waals surface area (Å²) in [6, 6.07) is 8.32. The van der Waals surface area contributed by atoms with Gasteiger partial charge in [-0.1, -0.05) is 25.0 Å². The molecule has 3 heteroatoms. The van der Waals surface area contributed by atoms with E-state index in [0.717, 1.165) is 25.0 Å². The number of ether oxygens (including phenoxy) is 1. The van der Waals surface area contributed by atoms with Crippen LogP contribution in [0.15, 0.2) is 24.3 Å². The van der Waals surface area contributed by atoms with Gasteiger partial charge in [0.2, 0.25) is 5.91 Å². The molecule has 0 aliphatic heterocycles. The zero-order valence-corrected chi connectivity index (χ0v) is 10.9. The molecule has 1 fully saturated rings. The maximum absolute atomic E-state index is 11.8. The first kappa shape index (κ1) is 12.9. The lowest BCUT2D eigenvalue weighted by Gasteiger charge is -2.11. The van der Waals surface area contributed by atoms with Gasteiger partial charge in [-0.15, -0.1) is 0 Å². The molecule has 0 aromatic heterocycles. The van der Waals surface area contributed by atoms with Gasteiger partial charge in [0.15, 0.2) is 0 Å². The van der Waals surface area contributed by atoms with Gasteiger partial charge in [-0.3, -0.25) is 4.79 Å². The number of carbonyl (C=O) groups is 1. The highest BCUT2D eigenvalue weighted by atomic mass is 16.5. The summed E-state index contributed by atoms with van der Waals surface area (Å²) in [7, 11) is 1.66. The summed E-state index contributed by atoms with van der Waals surface area (Å²) in [6.45, 7) is 0. The number of amides is 1. The smallest absolute Gasteiger partial charge is 0.220 e. The molecule has 0 radical (unpaired) electrons. The maximum Gasteiger partial charge on any atom is 0.220 e. The van der Waals surface area contributed by atoms with Crippen LogP contribution in [0.25, 0.3) is 0 Å². The Bertz CT molecular complexity index is 380. The Morgan fingerprint density at radius 3 is 2.56 bits per heavy atom. The highest BCUT2D eigenvalue weighted by Gasteiger charge is 2.16. The average molecular weight is 247 g/mol. The summed E-state index contributed by atoms with van der Waals surface area (Å²) in [5.41, 5.74) is 1.18. The molecule has 98 valence electrons. The minimum Gasteiger partial charge on any atom is -0.497 e. The van der Waals surface area contributed by atoms with E-state index in [4.69, 9.17) is 4.74 Å². The molecule has 1 saturated carbocycles. The fourth-order valence-electron chi connectivity index (χ4n) is 2.42. The molecule has 1 aromatic carbocycles. The third kappa shape index (κ3) is 3.76. The molecule has 0 heterocycles. The molecule has 3 nitrogen and oxygen atoms in total. The van der Waals surface area contributed by atoms with Crippen LogP contribution in [0.1, 0.15) is 37.7 Å². The van der Waals surface area contributed by atoms with Crippen molar-refractivity contribution in [2.24, 2.45) is 0 Å². The molecule has 0 bridgehead atoms. The van der Waals surface area contributed by atoms with Crippen molar-refractivity contribution >= 4 is 5.91 Å². The predicted octanol–water partition coefficient (Wildman–Crippen LogP) is 2.69. The largest absolute Gasteiger partial charge is 0.497 e. The number of methoxy groups -OCH3 is 1. The Morgan fingerprint density at radius 1 is 1.28 bits per heavy atom. The molecule has 1 N–H and O–H groups in total. The van der Waals surface area contributed by atoms with Crippen molar-refractivity contribution in [3.63, 3.8) is 0 Å². The lowest BCUT2D eigenvalue weighted by Crippen LogP contribution is -2.32. The molecule has 1 aliphatic rings. The van der Waals surface area contributed by atoms with Crippen molar-refractivity contribution in [2.75, 3.05) is 7.11 Å². The monoisotopic (exact) mass is 247 g/mol. The van der Waals surface area contributed by atoms with E-state index in [2.05, 4.69) is 5.32 Å². The van der Waals surface area contributed by atoms with Crippen LogP contribution in [0.5, 0.6) is 5.75 Å². The third-order valence-electron chi connectivity index (χ3n) is 3.52. The lowest BCUT2D eigenvalue weighted by molar-refractivity contribution is -0.121. The normalized spacial score (nSPS) is 15.6. The van der Waals surface area contributed by atoms with Crippen molar-refractivity contribution < 1.29 is 9.53 Å². The summed E-state index contributed by atoms with van der Waals surface area (Å²) >= 11 is 0. The van der Waals surface area contributed by atoms with Crippen LogP contribution >= 0.6 is 0 Å². The second-order valence-electron chi connectivity index (χ2n) is 4.90. The first-order valence-electron chi connectivity index (χ1n) is 6.70. The molecule has 0 spiro atoms. The van der Waals surface area contributed by atoms with Crippen LogP contribution in [0.4, 0.5) is 0 Å². The summed E-state index contributed by atoms with van der Waals surface area (Å²) in [6.07, 6.45) is 6.17. The second-order valence-corrected chi connectivity index (χ2v) is 4.90. The average Bonchev–Trinajstić information content (AvgIpc) is 2.90. The molecule has 1 aliphatic carbocycles. The maximum atomic E-state index is 11.8. The SMILES string of the molecule is COc1ccc(CCC(=O)NC2CCCC2)cc1. The van der Waals surface area contributed by atoms with Crippen LogP contribution in [-0.2, 0) is 11.2 Å². The van der Waals surface area contributed by atoms with E-state index in [0.29, 0.717) is 12.5 Å². The molecule has 1 amide bonds. The Hall–Kier alpha value is -1.51. The Morgan fingerprint density at radius 2 is 1.94 bits per heavy atom. The van der Waals surface area contributed by atoms with Crippen LogP contribution < -0.4 is 10.1 Å². The summed E-state index contributed by atoms with van der Waals surface area (Å²) in [5, 5.41) is 3.11. The molecule has 18 heavy (non-hydrogen) atoms. The number of aryl methyl sites for hydroxylation is 1. The Kier molecular flexibility index (Phi) is 4.62. The summed E-state index contributed by atoms with van der Waals surface area (Å²) in [4.78, 5) is 11.8. The number of carbonyl (C=O) groups excluding carboxylic acids is 1. The molecular weight excluding hydrogens is 226 g/mol.